The van der Waals surface area contributed by atoms with E-state index < -0.39 is 0 Å². The average Bonchev–Trinajstić information content (AvgIpc) is 2.54. The van der Waals surface area contributed by atoms with E-state index in [1.165, 1.54) is 12.5 Å². The maximum atomic E-state index is 11.7. The van der Waals surface area contributed by atoms with Gasteiger partial charge in [-0.2, -0.15) is 0 Å². The fourth-order valence-corrected chi connectivity index (χ4v) is 3.43. The van der Waals surface area contributed by atoms with Gasteiger partial charge in [0, 0.05) is 18.9 Å². The van der Waals surface area contributed by atoms with Crippen molar-refractivity contribution < 1.29 is 14.3 Å². The number of hydrogen-bond donors (Lipinski definition) is 0. The van der Waals surface area contributed by atoms with Crippen LogP contribution in [0, 0.1) is 5.92 Å². The van der Waals surface area contributed by atoms with Crippen LogP contribution in [0.1, 0.15) is 74.7 Å². The number of ether oxygens (including phenoxy) is 1. The summed E-state index contributed by atoms with van der Waals surface area (Å²) < 4.78 is 5.31. The van der Waals surface area contributed by atoms with Gasteiger partial charge in [0.1, 0.15) is 6.10 Å². The van der Waals surface area contributed by atoms with Crippen molar-refractivity contribution in [3.8, 4) is 0 Å². The first-order valence-corrected chi connectivity index (χ1v) is 8.31. The molecule has 120 valence electrons. The topological polar surface area (TPSA) is 43.4 Å². The van der Waals surface area contributed by atoms with Crippen molar-refractivity contribution in [3.63, 3.8) is 0 Å². The minimum absolute atomic E-state index is 0.0167. The lowest BCUT2D eigenvalue weighted by Gasteiger charge is -2.32. The van der Waals surface area contributed by atoms with Gasteiger partial charge in [-0.25, -0.2) is 0 Å². The summed E-state index contributed by atoms with van der Waals surface area (Å²) in [6.07, 6.45) is 5.00. The van der Waals surface area contributed by atoms with E-state index in [9.17, 15) is 9.59 Å². The number of benzene rings is 1. The van der Waals surface area contributed by atoms with Crippen molar-refractivity contribution in [3.05, 3.63) is 35.4 Å². The summed E-state index contributed by atoms with van der Waals surface area (Å²) in [5, 5.41) is 0. The zero-order chi connectivity index (χ0) is 16.1. The quantitative estimate of drug-likeness (QED) is 0.594. The van der Waals surface area contributed by atoms with E-state index in [1.807, 2.05) is 26.0 Å². The molecule has 1 saturated carbocycles. The molecule has 1 atom stereocenters. The highest BCUT2D eigenvalue weighted by atomic mass is 16.5. The number of esters is 1. The molecule has 0 bridgehead atoms. The van der Waals surface area contributed by atoms with E-state index >= 15 is 0 Å². The highest BCUT2D eigenvalue weighted by Crippen LogP contribution is 2.37. The molecule has 22 heavy (non-hydrogen) atoms. The molecule has 1 aromatic carbocycles. The Morgan fingerprint density at radius 2 is 1.73 bits per heavy atom. The van der Waals surface area contributed by atoms with Crippen molar-refractivity contribution in [2.45, 2.75) is 64.9 Å². The molecule has 1 unspecified atom stereocenters. The van der Waals surface area contributed by atoms with Crippen molar-refractivity contribution in [2.75, 3.05) is 0 Å². The molecule has 2 rings (SSSR count). The number of hydrogen-bond acceptors (Lipinski definition) is 3. The van der Waals surface area contributed by atoms with Crippen LogP contribution in [0.2, 0.25) is 0 Å². The van der Waals surface area contributed by atoms with Crippen molar-refractivity contribution in [1.29, 1.82) is 0 Å². The van der Waals surface area contributed by atoms with Crippen molar-refractivity contribution >= 4 is 11.8 Å². The highest BCUT2D eigenvalue weighted by molar-refractivity contribution is 5.95. The largest absolute Gasteiger partial charge is 0.463 e. The summed E-state index contributed by atoms with van der Waals surface area (Å²) in [7, 11) is 0. The van der Waals surface area contributed by atoms with E-state index in [1.54, 1.807) is 0 Å². The molecule has 0 radical (unpaired) electrons. The molecule has 0 N–H and O–H groups in total. The standard InChI is InChI=1S/C19H26O3/c1-4-19(21)18-11-9-17(10-12-18)16-7-5-15(6-8-16)13(2)22-14(3)20/h9-13,15-16H,4-8H2,1-3H3. The first-order valence-electron chi connectivity index (χ1n) is 8.31. The second kappa shape index (κ2) is 7.57. The van der Waals surface area contributed by atoms with E-state index in [2.05, 4.69) is 12.1 Å². The van der Waals surface area contributed by atoms with E-state index in [4.69, 9.17) is 4.74 Å². The Labute approximate surface area is 133 Å². The van der Waals surface area contributed by atoms with Gasteiger partial charge in [-0.15, -0.1) is 0 Å². The molecule has 3 heteroatoms. The monoisotopic (exact) mass is 302 g/mol. The summed E-state index contributed by atoms with van der Waals surface area (Å²) >= 11 is 0. The first kappa shape index (κ1) is 16.7. The highest BCUT2D eigenvalue weighted by Gasteiger charge is 2.27. The maximum Gasteiger partial charge on any atom is 0.302 e. The van der Waals surface area contributed by atoms with Gasteiger partial charge in [0.15, 0.2) is 5.78 Å². The fourth-order valence-electron chi connectivity index (χ4n) is 3.43. The number of carbonyl (C=O) groups is 2. The predicted octanol–water partition coefficient (Wildman–Crippen LogP) is 4.50. The zero-order valence-electron chi connectivity index (χ0n) is 13.8. The summed E-state index contributed by atoms with van der Waals surface area (Å²) in [4.78, 5) is 22.7. The number of carbonyl (C=O) groups excluding carboxylic acids is 2. The molecule has 3 nitrogen and oxygen atoms in total. The number of rotatable bonds is 5. The van der Waals surface area contributed by atoms with Gasteiger partial charge in [-0.05, 0) is 50.0 Å². The lowest BCUT2D eigenvalue weighted by atomic mass is 9.77. The molecule has 1 aliphatic carbocycles. The van der Waals surface area contributed by atoms with E-state index in [0.29, 0.717) is 18.3 Å². The van der Waals surface area contributed by atoms with Crippen LogP contribution < -0.4 is 0 Å². The van der Waals surface area contributed by atoms with Crippen molar-refractivity contribution in [1.82, 2.24) is 0 Å². The Bertz CT molecular complexity index is 510. The second-order valence-corrected chi connectivity index (χ2v) is 6.32. The maximum absolute atomic E-state index is 11.7. The number of ketones is 1. The van der Waals surface area contributed by atoms with Gasteiger partial charge in [0.05, 0.1) is 0 Å². The minimum atomic E-state index is -0.189. The van der Waals surface area contributed by atoms with Crippen LogP contribution in [0.5, 0.6) is 0 Å². The Kier molecular flexibility index (Phi) is 5.76. The summed E-state index contributed by atoms with van der Waals surface area (Å²) in [5.74, 6) is 1.05. The predicted molar refractivity (Wildman–Crippen MR) is 87.0 cm³/mol. The second-order valence-electron chi connectivity index (χ2n) is 6.32. The lowest BCUT2D eigenvalue weighted by Crippen LogP contribution is -2.26. The van der Waals surface area contributed by atoms with Crippen LogP contribution in [0.4, 0.5) is 0 Å². The molecular weight excluding hydrogens is 276 g/mol. The van der Waals surface area contributed by atoms with E-state index in [0.717, 1.165) is 31.2 Å². The molecule has 1 aliphatic rings. The third-order valence-corrected chi connectivity index (χ3v) is 4.81. The molecule has 0 spiro atoms. The Morgan fingerprint density at radius 3 is 2.23 bits per heavy atom. The van der Waals surface area contributed by atoms with Gasteiger partial charge in [0.25, 0.3) is 0 Å². The van der Waals surface area contributed by atoms with Crippen LogP contribution >= 0.6 is 0 Å². The Morgan fingerprint density at radius 1 is 1.14 bits per heavy atom. The summed E-state index contributed by atoms with van der Waals surface area (Å²) in [6.45, 7) is 5.36. The van der Waals surface area contributed by atoms with Gasteiger partial charge in [-0.1, -0.05) is 31.2 Å². The van der Waals surface area contributed by atoms with Crippen LogP contribution in [0.15, 0.2) is 24.3 Å². The minimum Gasteiger partial charge on any atom is -0.463 e. The van der Waals surface area contributed by atoms with Crippen LogP contribution in [-0.4, -0.2) is 17.9 Å². The molecule has 0 aliphatic heterocycles. The van der Waals surface area contributed by atoms with Gasteiger partial charge in [0.2, 0.25) is 0 Å². The Hall–Kier alpha value is -1.64. The zero-order valence-corrected chi connectivity index (χ0v) is 13.8. The average molecular weight is 302 g/mol. The number of Topliss-reactive ketones (excluding diaryl/α,β-unsaturated/α-hetero) is 1. The third-order valence-electron chi connectivity index (χ3n) is 4.81. The molecule has 1 aromatic rings. The van der Waals surface area contributed by atoms with Gasteiger partial charge >= 0.3 is 5.97 Å². The normalized spacial score (nSPS) is 22.9. The summed E-state index contributed by atoms with van der Waals surface area (Å²) in [5.41, 5.74) is 2.13. The first-order chi connectivity index (χ1) is 10.5. The van der Waals surface area contributed by atoms with Crippen LogP contribution in [0.25, 0.3) is 0 Å². The third kappa shape index (κ3) is 4.19. The van der Waals surface area contributed by atoms with Crippen LogP contribution in [0.3, 0.4) is 0 Å². The van der Waals surface area contributed by atoms with Gasteiger partial charge < -0.3 is 4.74 Å². The molecule has 0 saturated heterocycles. The molecule has 0 heterocycles. The molecule has 0 aromatic heterocycles. The smallest absolute Gasteiger partial charge is 0.302 e. The van der Waals surface area contributed by atoms with E-state index in [-0.39, 0.29) is 17.9 Å². The molecule has 0 amide bonds. The molecule has 1 fully saturated rings. The lowest BCUT2D eigenvalue weighted by molar-refractivity contribution is -0.148. The van der Waals surface area contributed by atoms with Crippen molar-refractivity contribution in [2.24, 2.45) is 5.92 Å². The fraction of sp³-hybridized carbons (Fsp3) is 0.579. The van der Waals surface area contributed by atoms with Gasteiger partial charge in [-0.3, -0.25) is 9.59 Å². The SMILES string of the molecule is CCC(=O)c1ccc(C2CCC(C(C)OC(C)=O)CC2)cc1. The molecular formula is C19H26O3. The Balaban J connectivity index is 1.91. The summed E-state index contributed by atoms with van der Waals surface area (Å²) in [6, 6.07) is 8.11. The van der Waals surface area contributed by atoms with Crippen LogP contribution in [-0.2, 0) is 9.53 Å².